The van der Waals surface area contributed by atoms with Gasteiger partial charge in [-0.1, -0.05) is 31.1 Å². The van der Waals surface area contributed by atoms with E-state index in [1.807, 2.05) is 0 Å². The van der Waals surface area contributed by atoms with E-state index in [1.54, 1.807) is 0 Å². The SMILES string of the molecule is CCCCCNc1cc(F)c(S(=O)(=O)Nc2ncc(F)s2)cc1Br. The summed E-state index contributed by atoms with van der Waals surface area (Å²) < 4.78 is 54.1. The van der Waals surface area contributed by atoms with E-state index in [0.29, 0.717) is 28.0 Å². The predicted molar refractivity (Wildman–Crippen MR) is 95.0 cm³/mol. The van der Waals surface area contributed by atoms with E-state index < -0.39 is 25.9 Å². The molecule has 0 radical (unpaired) electrons. The standard InChI is InChI=1S/C14H16BrF2N3O2S2/c1-2-3-4-5-18-11-7-10(16)12(6-9(11)15)24(21,22)20-14-19-8-13(17)23-14/h6-8,18H,2-5H2,1H3,(H,19,20). The molecule has 0 aliphatic heterocycles. The van der Waals surface area contributed by atoms with Crippen LogP contribution in [0.25, 0.3) is 0 Å². The molecule has 0 saturated heterocycles. The molecule has 5 nitrogen and oxygen atoms in total. The van der Waals surface area contributed by atoms with Crippen LogP contribution in [0, 0.1) is 10.9 Å². The second-order valence-electron chi connectivity index (χ2n) is 4.97. The normalized spacial score (nSPS) is 11.5. The Morgan fingerprint density at radius 1 is 1.29 bits per heavy atom. The Morgan fingerprint density at radius 3 is 2.67 bits per heavy atom. The van der Waals surface area contributed by atoms with Crippen LogP contribution < -0.4 is 10.0 Å². The van der Waals surface area contributed by atoms with Gasteiger partial charge in [-0.05, 0) is 34.5 Å². The van der Waals surface area contributed by atoms with Crippen molar-refractivity contribution in [1.82, 2.24) is 4.98 Å². The average molecular weight is 440 g/mol. The van der Waals surface area contributed by atoms with Crippen molar-refractivity contribution in [2.24, 2.45) is 0 Å². The van der Waals surface area contributed by atoms with Crippen LogP contribution in [0.3, 0.4) is 0 Å². The summed E-state index contributed by atoms with van der Waals surface area (Å²) in [6, 6.07) is 2.29. The Morgan fingerprint density at radius 2 is 2.04 bits per heavy atom. The maximum absolute atomic E-state index is 14.2. The summed E-state index contributed by atoms with van der Waals surface area (Å²) in [4.78, 5) is 3.02. The van der Waals surface area contributed by atoms with Crippen LogP contribution in [0.2, 0.25) is 0 Å². The summed E-state index contributed by atoms with van der Waals surface area (Å²) in [5.74, 6) is -0.902. The van der Waals surface area contributed by atoms with Gasteiger partial charge in [0.15, 0.2) is 10.3 Å². The number of rotatable bonds is 8. The molecule has 2 N–H and O–H groups in total. The van der Waals surface area contributed by atoms with E-state index in [1.165, 1.54) is 6.07 Å². The molecule has 1 heterocycles. The third-order valence-electron chi connectivity index (χ3n) is 3.11. The first-order valence-electron chi connectivity index (χ1n) is 7.20. The fourth-order valence-electron chi connectivity index (χ4n) is 1.94. The molecule has 132 valence electrons. The lowest BCUT2D eigenvalue weighted by atomic mass is 10.2. The highest BCUT2D eigenvalue weighted by Crippen LogP contribution is 2.30. The number of hydrogen-bond donors (Lipinski definition) is 2. The first-order valence-corrected chi connectivity index (χ1v) is 10.3. The molecular weight excluding hydrogens is 424 g/mol. The van der Waals surface area contributed by atoms with Crippen LogP contribution in [-0.4, -0.2) is 19.9 Å². The van der Waals surface area contributed by atoms with Crippen molar-refractivity contribution >= 4 is 48.1 Å². The van der Waals surface area contributed by atoms with Crippen molar-refractivity contribution in [3.63, 3.8) is 0 Å². The summed E-state index contributed by atoms with van der Waals surface area (Å²) in [7, 11) is -4.20. The summed E-state index contributed by atoms with van der Waals surface area (Å²) in [5.41, 5.74) is 0.475. The van der Waals surface area contributed by atoms with Crippen molar-refractivity contribution in [2.75, 3.05) is 16.6 Å². The van der Waals surface area contributed by atoms with Gasteiger partial charge < -0.3 is 5.32 Å². The number of hydrogen-bond acceptors (Lipinski definition) is 5. The maximum atomic E-state index is 14.2. The molecule has 10 heteroatoms. The van der Waals surface area contributed by atoms with Crippen molar-refractivity contribution in [3.05, 3.63) is 33.8 Å². The van der Waals surface area contributed by atoms with Crippen LogP contribution >= 0.6 is 27.3 Å². The number of aromatic nitrogens is 1. The second-order valence-corrected chi connectivity index (χ2v) is 8.46. The minimum absolute atomic E-state index is 0.162. The Bertz CT molecular complexity index is 812. The lowest BCUT2D eigenvalue weighted by molar-refractivity contribution is 0.570. The van der Waals surface area contributed by atoms with E-state index in [2.05, 4.69) is 37.9 Å². The number of sulfonamides is 1. The van der Waals surface area contributed by atoms with Crippen LogP contribution in [0.15, 0.2) is 27.7 Å². The molecule has 0 aliphatic carbocycles. The van der Waals surface area contributed by atoms with Gasteiger partial charge in [0.25, 0.3) is 10.0 Å². The zero-order chi connectivity index (χ0) is 17.7. The quantitative estimate of drug-likeness (QED) is 0.590. The Labute approximate surface area is 151 Å². The molecule has 0 atom stereocenters. The van der Waals surface area contributed by atoms with Gasteiger partial charge in [0.1, 0.15) is 10.7 Å². The number of nitrogens with one attached hydrogen (secondary N) is 2. The molecule has 0 spiro atoms. The van der Waals surface area contributed by atoms with Gasteiger partial charge in [-0.2, -0.15) is 4.39 Å². The number of thiazole rings is 1. The van der Waals surface area contributed by atoms with Gasteiger partial charge in [-0.25, -0.2) is 17.8 Å². The fraction of sp³-hybridized carbons (Fsp3) is 0.357. The van der Waals surface area contributed by atoms with Crippen molar-refractivity contribution in [1.29, 1.82) is 0 Å². The number of unbranched alkanes of at least 4 members (excludes halogenated alkanes) is 2. The highest BCUT2D eigenvalue weighted by Gasteiger charge is 2.22. The first-order chi connectivity index (χ1) is 11.3. The van der Waals surface area contributed by atoms with E-state index in [9.17, 15) is 17.2 Å². The number of benzene rings is 1. The molecule has 1 aromatic heterocycles. The predicted octanol–water partition coefficient (Wildman–Crippen LogP) is 4.59. The topological polar surface area (TPSA) is 71.1 Å². The largest absolute Gasteiger partial charge is 0.384 e. The molecule has 0 amide bonds. The fourth-order valence-corrected chi connectivity index (χ4v) is 4.45. The smallest absolute Gasteiger partial charge is 0.266 e. The highest BCUT2D eigenvalue weighted by atomic mass is 79.9. The lowest BCUT2D eigenvalue weighted by Gasteiger charge is -2.12. The number of anilines is 2. The monoisotopic (exact) mass is 439 g/mol. The summed E-state index contributed by atoms with van der Waals surface area (Å²) in [6.45, 7) is 2.74. The van der Waals surface area contributed by atoms with Crippen LogP contribution in [0.1, 0.15) is 26.2 Å². The molecule has 0 aliphatic rings. The van der Waals surface area contributed by atoms with Crippen LogP contribution in [0.5, 0.6) is 0 Å². The Kier molecular flexibility index (Phi) is 6.53. The van der Waals surface area contributed by atoms with E-state index in [4.69, 9.17) is 0 Å². The van der Waals surface area contributed by atoms with Crippen molar-refractivity contribution in [3.8, 4) is 0 Å². The third-order valence-corrected chi connectivity index (χ3v) is 5.95. The number of halogens is 3. The van der Waals surface area contributed by atoms with Gasteiger partial charge in [-0.15, -0.1) is 0 Å². The summed E-state index contributed by atoms with van der Waals surface area (Å²) in [5, 5.41) is 2.26. The number of nitrogens with zero attached hydrogens (tertiary/aromatic N) is 1. The van der Waals surface area contributed by atoms with Gasteiger partial charge in [-0.3, -0.25) is 4.72 Å². The molecule has 24 heavy (non-hydrogen) atoms. The molecule has 2 aromatic rings. The molecule has 2 rings (SSSR count). The van der Waals surface area contributed by atoms with Gasteiger partial charge in [0.05, 0.1) is 11.9 Å². The third kappa shape index (κ3) is 4.87. The zero-order valence-corrected chi connectivity index (χ0v) is 16.0. The van der Waals surface area contributed by atoms with Crippen molar-refractivity contribution in [2.45, 2.75) is 31.1 Å². The molecular formula is C14H16BrF2N3O2S2. The Hall–Kier alpha value is -1.26. The molecule has 1 aromatic carbocycles. The first kappa shape index (κ1) is 19.1. The van der Waals surface area contributed by atoms with Crippen LogP contribution in [0.4, 0.5) is 19.6 Å². The minimum atomic E-state index is -4.20. The molecule has 0 bridgehead atoms. The lowest BCUT2D eigenvalue weighted by Crippen LogP contribution is -2.15. The van der Waals surface area contributed by atoms with E-state index >= 15 is 0 Å². The van der Waals surface area contributed by atoms with Crippen molar-refractivity contribution < 1.29 is 17.2 Å². The van der Waals surface area contributed by atoms with Crippen LogP contribution in [-0.2, 0) is 10.0 Å². The van der Waals surface area contributed by atoms with Gasteiger partial charge in [0, 0.05) is 11.0 Å². The molecule has 0 fully saturated rings. The minimum Gasteiger partial charge on any atom is -0.384 e. The Balaban J connectivity index is 2.19. The zero-order valence-electron chi connectivity index (χ0n) is 12.8. The van der Waals surface area contributed by atoms with Gasteiger partial charge >= 0.3 is 0 Å². The average Bonchev–Trinajstić information content (AvgIpc) is 2.90. The molecule has 0 saturated carbocycles. The summed E-state index contributed by atoms with van der Waals surface area (Å²) in [6.07, 6.45) is 3.94. The van der Waals surface area contributed by atoms with Gasteiger partial charge in [0.2, 0.25) is 0 Å². The molecule has 0 unspecified atom stereocenters. The second kappa shape index (κ2) is 8.21. The maximum Gasteiger partial charge on any atom is 0.266 e. The highest BCUT2D eigenvalue weighted by molar-refractivity contribution is 9.10. The van der Waals surface area contributed by atoms with E-state index in [-0.39, 0.29) is 5.13 Å². The summed E-state index contributed by atoms with van der Waals surface area (Å²) >= 11 is 3.76. The van der Waals surface area contributed by atoms with E-state index in [0.717, 1.165) is 31.5 Å².